The van der Waals surface area contributed by atoms with Crippen molar-refractivity contribution in [1.29, 1.82) is 0 Å². The van der Waals surface area contributed by atoms with Crippen molar-refractivity contribution in [3.05, 3.63) is 23.8 Å². The second-order valence-electron chi connectivity index (χ2n) is 7.68. The van der Waals surface area contributed by atoms with Crippen LogP contribution in [-0.4, -0.2) is 49.2 Å². The lowest BCUT2D eigenvalue weighted by molar-refractivity contribution is -0.151. The van der Waals surface area contributed by atoms with Gasteiger partial charge in [-0.3, -0.25) is 9.59 Å². The fraction of sp³-hybridized carbons (Fsp3) is 0.600. The zero-order valence-electron chi connectivity index (χ0n) is 15.8. The molecule has 0 radical (unpaired) electrons. The third kappa shape index (κ3) is 3.02. The summed E-state index contributed by atoms with van der Waals surface area (Å²) in [5, 5.41) is 9.68. The van der Waals surface area contributed by atoms with Gasteiger partial charge in [0, 0.05) is 30.5 Å². The van der Waals surface area contributed by atoms with E-state index in [1.54, 1.807) is 19.1 Å². The number of hydrogen-bond acceptors (Lipinski definition) is 4. The molecular formula is C20H27NO5. The third-order valence-electron chi connectivity index (χ3n) is 6.09. The lowest BCUT2D eigenvalue weighted by Gasteiger charge is -2.28. The Labute approximate surface area is 154 Å². The van der Waals surface area contributed by atoms with Crippen LogP contribution < -0.4 is 9.47 Å². The highest BCUT2D eigenvalue weighted by Gasteiger charge is 2.53. The number of ether oxygens (including phenoxy) is 2. The molecule has 1 aliphatic carbocycles. The van der Waals surface area contributed by atoms with E-state index < -0.39 is 11.4 Å². The molecule has 1 saturated carbocycles. The summed E-state index contributed by atoms with van der Waals surface area (Å²) in [6, 6.07) is 5.63. The molecule has 1 heterocycles. The van der Waals surface area contributed by atoms with Gasteiger partial charge in [0.15, 0.2) is 0 Å². The first-order chi connectivity index (χ1) is 12.3. The molecule has 1 aromatic carbocycles. The first kappa shape index (κ1) is 18.5. The number of carboxylic acid groups (broad SMARTS) is 1. The molecule has 142 valence electrons. The maximum Gasteiger partial charge on any atom is 0.311 e. The average molecular weight is 361 g/mol. The van der Waals surface area contributed by atoms with Crippen molar-refractivity contribution >= 4 is 11.9 Å². The molecule has 0 spiro atoms. The predicted octanol–water partition coefficient (Wildman–Crippen LogP) is 2.77. The first-order valence-corrected chi connectivity index (χ1v) is 9.08. The number of amides is 1. The zero-order chi connectivity index (χ0) is 19.1. The van der Waals surface area contributed by atoms with E-state index in [-0.39, 0.29) is 23.7 Å². The van der Waals surface area contributed by atoms with Crippen molar-refractivity contribution in [3.8, 4) is 11.5 Å². The van der Waals surface area contributed by atoms with E-state index in [0.29, 0.717) is 19.5 Å². The molecule has 3 rings (SSSR count). The third-order valence-corrected chi connectivity index (χ3v) is 6.09. The number of hydrogen-bond donors (Lipinski definition) is 1. The largest absolute Gasteiger partial charge is 0.497 e. The summed E-state index contributed by atoms with van der Waals surface area (Å²) in [5.41, 5.74) is 0.158. The molecule has 6 heteroatoms. The topological polar surface area (TPSA) is 76.1 Å². The summed E-state index contributed by atoms with van der Waals surface area (Å²) < 4.78 is 10.7. The standard InChI is InChI=1S/C20H27NO5/c1-12(2)20(19(23)24)7-8-21(11-20)18(22)16-10-14(16)15-9-13(25-3)5-6-17(15)26-4/h5-6,9,12,14,16H,7-8,10-11H2,1-4H3,(H,23,24). The van der Waals surface area contributed by atoms with Crippen molar-refractivity contribution in [2.75, 3.05) is 27.3 Å². The number of aliphatic carboxylic acids is 1. The molecule has 1 saturated heterocycles. The molecular weight excluding hydrogens is 334 g/mol. The molecule has 3 unspecified atom stereocenters. The van der Waals surface area contributed by atoms with Crippen molar-refractivity contribution in [2.24, 2.45) is 17.3 Å². The van der Waals surface area contributed by atoms with Gasteiger partial charge in [-0.15, -0.1) is 0 Å². The molecule has 2 fully saturated rings. The van der Waals surface area contributed by atoms with Crippen LogP contribution in [0, 0.1) is 17.3 Å². The van der Waals surface area contributed by atoms with Crippen molar-refractivity contribution in [3.63, 3.8) is 0 Å². The van der Waals surface area contributed by atoms with Gasteiger partial charge in [0.1, 0.15) is 11.5 Å². The lowest BCUT2D eigenvalue weighted by Crippen LogP contribution is -2.41. The quantitative estimate of drug-likeness (QED) is 0.843. The van der Waals surface area contributed by atoms with E-state index in [2.05, 4.69) is 0 Å². The number of benzene rings is 1. The molecule has 2 aliphatic rings. The fourth-order valence-corrected chi connectivity index (χ4v) is 4.09. The highest BCUT2D eigenvalue weighted by atomic mass is 16.5. The van der Waals surface area contributed by atoms with Crippen LogP contribution in [0.3, 0.4) is 0 Å². The Kier molecular flexibility index (Phi) is 4.86. The first-order valence-electron chi connectivity index (χ1n) is 9.08. The van der Waals surface area contributed by atoms with Crippen LogP contribution in [0.1, 0.15) is 38.2 Å². The fourth-order valence-electron chi connectivity index (χ4n) is 4.09. The Morgan fingerprint density at radius 2 is 2.00 bits per heavy atom. The van der Waals surface area contributed by atoms with Crippen molar-refractivity contribution in [1.82, 2.24) is 4.90 Å². The Morgan fingerprint density at radius 1 is 1.27 bits per heavy atom. The van der Waals surface area contributed by atoms with Crippen LogP contribution in [0.5, 0.6) is 11.5 Å². The zero-order valence-corrected chi connectivity index (χ0v) is 15.8. The van der Waals surface area contributed by atoms with Gasteiger partial charge in [-0.2, -0.15) is 0 Å². The van der Waals surface area contributed by atoms with Crippen LogP contribution >= 0.6 is 0 Å². The predicted molar refractivity (Wildman–Crippen MR) is 96.5 cm³/mol. The number of carbonyl (C=O) groups excluding carboxylic acids is 1. The molecule has 3 atom stereocenters. The second-order valence-corrected chi connectivity index (χ2v) is 7.68. The van der Waals surface area contributed by atoms with Gasteiger partial charge in [0.05, 0.1) is 19.6 Å². The Morgan fingerprint density at radius 3 is 2.54 bits per heavy atom. The minimum absolute atomic E-state index is 0.00808. The van der Waals surface area contributed by atoms with Gasteiger partial charge in [0.2, 0.25) is 5.91 Å². The monoisotopic (exact) mass is 361 g/mol. The average Bonchev–Trinajstić information content (AvgIpc) is 3.29. The summed E-state index contributed by atoms with van der Waals surface area (Å²) in [4.78, 5) is 26.5. The molecule has 1 N–H and O–H groups in total. The summed E-state index contributed by atoms with van der Waals surface area (Å²) in [5.74, 6) is 0.748. The van der Waals surface area contributed by atoms with Gasteiger partial charge in [-0.25, -0.2) is 0 Å². The molecule has 1 aliphatic heterocycles. The van der Waals surface area contributed by atoms with E-state index in [1.807, 2.05) is 32.0 Å². The molecule has 1 aromatic rings. The Hall–Kier alpha value is -2.24. The van der Waals surface area contributed by atoms with Gasteiger partial charge in [0.25, 0.3) is 0 Å². The van der Waals surface area contributed by atoms with E-state index in [9.17, 15) is 14.7 Å². The number of carbonyl (C=O) groups is 2. The molecule has 26 heavy (non-hydrogen) atoms. The summed E-state index contributed by atoms with van der Waals surface area (Å²) in [6.45, 7) is 4.66. The molecule has 0 bridgehead atoms. The minimum atomic E-state index is -0.826. The van der Waals surface area contributed by atoms with Crippen molar-refractivity contribution < 1.29 is 24.2 Å². The summed E-state index contributed by atoms with van der Waals surface area (Å²) >= 11 is 0. The molecule has 0 aromatic heterocycles. The van der Waals surface area contributed by atoms with Gasteiger partial charge < -0.3 is 19.5 Å². The number of likely N-dealkylation sites (tertiary alicyclic amines) is 1. The minimum Gasteiger partial charge on any atom is -0.497 e. The van der Waals surface area contributed by atoms with E-state index in [0.717, 1.165) is 23.5 Å². The summed E-state index contributed by atoms with van der Waals surface area (Å²) in [6.07, 6.45) is 1.28. The maximum atomic E-state index is 12.9. The van der Waals surface area contributed by atoms with E-state index in [4.69, 9.17) is 9.47 Å². The normalized spacial score (nSPS) is 27.5. The Bertz CT molecular complexity index is 716. The lowest BCUT2D eigenvalue weighted by atomic mass is 9.76. The second kappa shape index (κ2) is 6.82. The number of rotatable bonds is 6. The van der Waals surface area contributed by atoms with E-state index >= 15 is 0 Å². The Balaban J connectivity index is 1.73. The van der Waals surface area contributed by atoms with Crippen LogP contribution in [0.25, 0.3) is 0 Å². The highest BCUT2D eigenvalue weighted by molar-refractivity contribution is 5.85. The number of nitrogens with zero attached hydrogens (tertiary/aromatic N) is 1. The van der Waals surface area contributed by atoms with Crippen molar-refractivity contribution in [2.45, 2.75) is 32.6 Å². The van der Waals surface area contributed by atoms with E-state index in [1.165, 1.54) is 0 Å². The maximum absolute atomic E-state index is 12.9. The number of methoxy groups -OCH3 is 2. The van der Waals surface area contributed by atoms with Crippen LogP contribution in [0.2, 0.25) is 0 Å². The van der Waals surface area contributed by atoms with Crippen LogP contribution in [-0.2, 0) is 9.59 Å². The molecule has 6 nitrogen and oxygen atoms in total. The van der Waals surface area contributed by atoms with Crippen LogP contribution in [0.15, 0.2) is 18.2 Å². The number of carboxylic acids is 1. The SMILES string of the molecule is COc1ccc(OC)c(C2CC2C(=O)N2CCC(C(=O)O)(C(C)C)C2)c1. The van der Waals surface area contributed by atoms with Crippen LogP contribution in [0.4, 0.5) is 0 Å². The highest BCUT2D eigenvalue weighted by Crippen LogP contribution is 2.53. The van der Waals surface area contributed by atoms with Gasteiger partial charge >= 0.3 is 5.97 Å². The summed E-state index contributed by atoms with van der Waals surface area (Å²) in [7, 11) is 3.23. The van der Waals surface area contributed by atoms with Gasteiger partial charge in [-0.1, -0.05) is 13.8 Å². The molecule has 1 amide bonds. The smallest absolute Gasteiger partial charge is 0.311 e. The van der Waals surface area contributed by atoms with Gasteiger partial charge in [-0.05, 0) is 37.0 Å².